The lowest BCUT2D eigenvalue weighted by Crippen LogP contribution is -2.03. The van der Waals surface area contributed by atoms with Crippen LogP contribution in [0.4, 0.5) is 5.69 Å². The second-order valence-electron chi connectivity index (χ2n) is 4.55. The molecular weight excluding hydrogens is 314 g/mol. The number of rotatable bonds is 5. The van der Waals surface area contributed by atoms with Gasteiger partial charge in [-0.2, -0.15) is 5.26 Å². The van der Waals surface area contributed by atoms with Gasteiger partial charge in [-0.15, -0.1) is 0 Å². The highest BCUT2D eigenvalue weighted by atomic mass is 79.9. The summed E-state index contributed by atoms with van der Waals surface area (Å²) in [5.74, 6) is 0. The highest BCUT2D eigenvalue weighted by Gasteiger charge is 2.00. The predicted molar refractivity (Wildman–Crippen MR) is 85.4 cm³/mol. The first-order chi connectivity index (χ1) is 9.71. The first-order valence-electron chi connectivity index (χ1n) is 6.43. The molecule has 0 saturated heterocycles. The Morgan fingerprint density at radius 2 is 1.80 bits per heavy atom. The van der Waals surface area contributed by atoms with Gasteiger partial charge in [0.2, 0.25) is 0 Å². The molecule has 0 bridgehead atoms. The van der Waals surface area contributed by atoms with Gasteiger partial charge in [0.15, 0.2) is 0 Å². The van der Waals surface area contributed by atoms with Crippen LogP contribution in [0.15, 0.2) is 46.9 Å². The molecule has 0 saturated carbocycles. The zero-order chi connectivity index (χ0) is 14.4. The molecule has 4 heteroatoms. The summed E-state index contributed by atoms with van der Waals surface area (Å²) in [6, 6.07) is 16.1. The van der Waals surface area contributed by atoms with Crippen molar-refractivity contribution in [2.45, 2.75) is 13.0 Å². The van der Waals surface area contributed by atoms with Crippen LogP contribution in [0.25, 0.3) is 0 Å². The molecule has 0 atom stereocenters. The van der Waals surface area contributed by atoms with Gasteiger partial charge in [0.05, 0.1) is 11.6 Å². The maximum Gasteiger partial charge on any atom is 0.0992 e. The van der Waals surface area contributed by atoms with Gasteiger partial charge in [-0.25, -0.2) is 0 Å². The van der Waals surface area contributed by atoms with Crippen molar-refractivity contribution in [1.82, 2.24) is 0 Å². The third-order valence-corrected chi connectivity index (χ3v) is 3.44. The topological polar surface area (TPSA) is 61.8 Å². The summed E-state index contributed by atoms with van der Waals surface area (Å²) in [6.07, 6.45) is 0.908. The summed E-state index contributed by atoms with van der Waals surface area (Å²) >= 11 is 3.40. The molecule has 0 fully saturated rings. The van der Waals surface area contributed by atoms with Gasteiger partial charge < -0.3 is 11.1 Å². The molecule has 102 valence electrons. The minimum Gasteiger partial charge on any atom is -0.381 e. The Labute approximate surface area is 127 Å². The SMILES string of the molecule is N#Cc1cc(Br)cc(NCc2ccc(CCN)cc2)c1. The summed E-state index contributed by atoms with van der Waals surface area (Å²) < 4.78 is 0.900. The average molecular weight is 330 g/mol. The number of nitrogens with zero attached hydrogens (tertiary/aromatic N) is 1. The highest BCUT2D eigenvalue weighted by molar-refractivity contribution is 9.10. The molecule has 3 N–H and O–H groups in total. The number of benzene rings is 2. The van der Waals surface area contributed by atoms with E-state index in [1.54, 1.807) is 6.07 Å². The molecule has 0 amide bonds. The monoisotopic (exact) mass is 329 g/mol. The third kappa shape index (κ3) is 4.09. The Morgan fingerprint density at radius 3 is 2.45 bits per heavy atom. The van der Waals surface area contributed by atoms with Gasteiger partial charge in [0, 0.05) is 16.7 Å². The molecule has 3 nitrogen and oxygen atoms in total. The van der Waals surface area contributed by atoms with Crippen LogP contribution in [-0.2, 0) is 13.0 Å². The highest BCUT2D eigenvalue weighted by Crippen LogP contribution is 2.20. The van der Waals surface area contributed by atoms with E-state index in [0.29, 0.717) is 12.1 Å². The minimum atomic E-state index is 0.639. The van der Waals surface area contributed by atoms with Gasteiger partial charge in [0.25, 0.3) is 0 Å². The van der Waals surface area contributed by atoms with Crippen LogP contribution >= 0.6 is 15.9 Å². The van der Waals surface area contributed by atoms with E-state index in [4.69, 9.17) is 11.0 Å². The summed E-state index contributed by atoms with van der Waals surface area (Å²) in [5, 5.41) is 12.3. The number of anilines is 1. The largest absolute Gasteiger partial charge is 0.381 e. The van der Waals surface area contributed by atoms with Crippen molar-refractivity contribution in [3.63, 3.8) is 0 Å². The fourth-order valence-electron chi connectivity index (χ4n) is 1.95. The fourth-order valence-corrected chi connectivity index (χ4v) is 2.44. The van der Waals surface area contributed by atoms with Crippen LogP contribution in [0.1, 0.15) is 16.7 Å². The molecular formula is C16H16BrN3. The predicted octanol–water partition coefficient (Wildman–Crippen LogP) is 3.43. The van der Waals surface area contributed by atoms with Crippen LogP contribution in [0.3, 0.4) is 0 Å². The maximum atomic E-state index is 8.94. The van der Waals surface area contributed by atoms with Crippen molar-refractivity contribution in [1.29, 1.82) is 5.26 Å². The summed E-state index contributed by atoms with van der Waals surface area (Å²) in [6.45, 7) is 1.40. The normalized spacial score (nSPS) is 10.1. The lowest BCUT2D eigenvalue weighted by molar-refractivity contribution is 0.966. The first-order valence-corrected chi connectivity index (χ1v) is 7.23. The van der Waals surface area contributed by atoms with Crippen LogP contribution in [0.5, 0.6) is 0 Å². The molecule has 0 radical (unpaired) electrons. The van der Waals surface area contributed by atoms with Crippen molar-refractivity contribution < 1.29 is 0 Å². The lowest BCUT2D eigenvalue weighted by atomic mass is 10.1. The average Bonchev–Trinajstić information content (AvgIpc) is 2.46. The lowest BCUT2D eigenvalue weighted by Gasteiger charge is -2.08. The summed E-state index contributed by atoms with van der Waals surface area (Å²) in [4.78, 5) is 0. The van der Waals surface area contributed by atoms with Gasteiger partial charge in [0.1, 0.15) is 0 Å². The van der Waals surface area contributed by atoms with Gasteiger partial charge in [-0.05, 0) is 42.3 Å². The van der Waals surface area contributed by atoms with E-state index in [9.17, 15) is 0 Å². The van der Waals surface area contributed by atoms with E-state index in [1.807, 2.05) is 12.1 Å². The van der Waals surface area contributed by atoms with Crippen LogP contribution in [-0.4, -0.2) is 6.54 Å². The Bertz CT molecular complexity index is 615. The molecule has 0 heterocycles. The molecule has 2 aromatic carbocycles. The number of hydrogen-bond donors (Lipinski definition) is 2. The number of nitriles is 1. The van der Waals surface area contributed by atoms with Gasteiger partial charge >= 0.3 is 0 Å². The number of halogens is 1. The second-order valence-corrected chi connectivity index (χ2v) is 5.46. The molecule has 2 rings (SSSR count). The third-order valence-electron chi connectivity index (χ3n) is 2.98. The standard InChI is InChI=1S/C16H16BrN3/c17-15-7-14(10-19)8-16(9-15)20-11-13-3-1-12(2-4-13)5-6-18/h1-4,7-9,20H,5-6,11,18H2. The van der Waals surface area contributed by atoms with Crippen LogP contribution in [0, 0.1) is 11.3 Å². The molecule has 0 aliphatic rings. The Hall–Kier alpha value is -1.83. The Kier molecular flexibility index (Phi) is 5.16. The van der Waals surface area contributed by atoms with Crippen LogP contribution < -0.4 is 11.1 Å². The quantitative estimate of drug-likeness (QED) is 0.883. The molecule has 2 aromatic rings. The first kappa shape index (κ1) is 14.6. The van der Waals surface area contributed by atoms with Crippen LogP contribution in [0.2, 0.25) is 0 Å². The molecule has 20 heavy (non-hydrogen) atoms. The van der Waals surface area contributed by atoms with E-state index in [2.05, 4.69) is 51.6 Å². The van der Waals surface area contributed by atoms with Crippen molar-refractivity contribution in [3.05, 3.63) is 63.6 Å². The van der Waals surface area contributed by atoms with Crippen molar-refractivity contribution in [2.24, 2.45) is 5.73 Å². The van der Waals surface area contributed by atoms with Crippen molar-refractivity contribution in [3.8, 4) is 6.07 Å². The molecule has 0 aliphatic carbocycles. The molecule has 0 aliphatic heterocycles. The van der Waals surface area contributed by atoms with Gasteiger partial charge in [-0.1, -0.05) is 40.2 Å². The van der Waals surface area contributed by atoms with E-state index in [1.165, 1.54) is 11.1 Å². The Morgan fingerprint density at radius 1 is 1.10 bits per heavy atom. The van der Waals surface area contributed by atoms with Gasteiger partial charge in [-0.3, -0.25) is 0 Å². The summed E-state index contributed by atoms with van der Waals surface area (Å²) in [5.41, 5.74) is 9.56. The van der Waals surface area contributed by atoms with E-state index in [-0.39, 0.29) is 0 Å². The smallest absolute Gasteiger partial charge is 0.0992 e. The number of hydrogen-bond acceptors (Lipinski definition) is 3. The van der Waals surface area contributed by atoms with E-state index in [0.717, 1.165) is 23.1 Å². The van der Waals surface area contributed by atoms with Crippen molar-refractivity contribution in [2.75, 3.05) is 11.9 Å². The van der Waals surface area contributed by atoms with E-state index >= 15 is 0 Å². The summed E-state index contributed by atoms with van der Waals surface area (Å²) in [7, 11) is 0. The number of nitrogens with one attached hydrogen (secondary N) is 1. The fraction of sp³-hybridized carbons (Fsp3) is 0.188. The maximum absolute atomic E-state index is 8.94. The zero-order valence-corrected chi connectivity index (χ0v) is 12.7. The Balaban J connectivity index is 2.01. The van der Waals surface area contributed by atoms with E-state index < -0.39 is 0 Å². The van der Waals surface area contributed by atoms with Crippen molar-refractivity contribution >= 4 is 21.6 Å². The second kappa shape index (κ2) is 7.09. The molecule has 0 spiro atoms. The molecule has 0 aromatic heterocycles. The minimum absolute atomic E-state index is 0.639. The number of nitrogens with two attached hydrogens (primary N) is 1. The molecule has 0 unspecified atom stereocenters. The zero-order valence-electron chi connectivity index (χ0n) is 11.1.